The molecular weight excluding hydrogens is 412 g/mol. The van der Waals surface area contributed by atoms with E-state index in [1.807, 2.05) is 17.0 Å². The minimum atomic E-state index is -0.107. The molecule has 3 aromatic rings. The van der Waals surface area contributed by atoms with Gasteiger partial charge in [0, 0.05) is 26.2 Å². The zero-order chi connectivity index (χ0) is 21.2. The Hall–Kier alpha value is -2.71. The van der Waals surface area contributed by atoms with Gasteiger partial charge >= 0.3 is 0 Å². The maximum Gasteiger partial charge on any atom is 0.289 e. The van der Waals surface area contributed by atoms with Gasteiger partial charge in [-0.3, -0.25) is 14.5 Å². The average Bonchev–Trinajstić information content (AvgIpc) is 3.49. The molecule has 0 aliphatic carbocycles. The van der Waals surface area contributed by atoms with Crippen molar-refractivity contribution < 1.29 is 14.0 Å². The van der Waals surface area contributed by atoms with Crippen LogP contribution in [0.1, 0.15) is 40.9 Å². The van der Waals surface area contributed by atoms with Crippen LogP contribution >= 0.6 is 11.3 Å². The van der Waals surface area contributed by atoms with Crippen molar-refractivity contribution in [3.63, 3.8) is 0 Å². The second-order valence-electron chi connectivity index (χ2n) is 8.15. The zero-order valence-electron chi connectivity index (χ0n) is 17.4. The average molecular weight is 439 g/mol. The summed E-state index contributed by atoms with van der Waals surface area (Å²) in [6.45, 7) is 3.52. The number of likely N-dealkylation sites (tertiary alicyclic amines) is 1. The van der Waals surface area contributed by atoms with Crippen LogP contribution in [0.25, 0.3) is 10.2 Å². The van der Waals surface area contributed by atoms with Crippen molar-refractivity contribution >= 4 is 33.4 Å². The predicted molar refractivity (Wildman–Crippen MR) is 119 cm³/mol. The van der Waals surface area contributed by atoms with E-state index < -0.39 is 0 Å². The number of rotatable bonds is 4. The van der Waals surface area contributed by atoms with Gasteiger partial charge in [-0.2, -0.15) is 0 Å². The van der Waals surface area contributed by atoms with E-state index >= 15 is 0 Å². The third-order valence-electron chi connectivity index (χ3n) is 6.20. The molecule has 1 atom stereocenters. The summed E-state index contributed by atoms with van der Waals surface area (Å²) in [7, 11) is 0. The molecule has 5 rings (SSSR count). The Labute approximate surface area is 185 Å². The van der Waals surface area contributed by atoms with Crippen LogP contribution in [0.4, 0.5) is 0 Å². The van der Waals surface area contributed by atoms with Crippen molar-refractivity contribution in [2.45, 2.75) is 25.3 Å². The first-order valence-electron chi connectivity index (χ1n) is 10.9. The van der Waals surface area contributed by atoms with Gasteiger partial charge in [0.05, 0.1) is 29.1 Å². The van der Waals surface area contributed by atoms with Crippen molar-refractivity contribution in [1.82, 2.24) is 19.7 Å². The van der Waals surface area contributed by atoms with E-state index in [4.69, 9.17) is 9.40 Å². The van der Waals surface area contributed by atoms with Gasteiger partial charge in [0.25, 0.3) is 5.91 Å². The molecule has 162 valence electrons. The normalized spacial score (nSPS) is 20.3. The topological polar surface area (TPSA) is 69.9 Å². The molecule has 0 radical (unpaired) electrons. The highest BCUT2D eigenvalue weighted by Gasteiger charge is 2.31. The lowest BCUT2D eigenvalue weighted by Gasteiger charge is -2.38. The Morgan fingerprint density at radius 1 is 1.00 bits per heavy atom. The highest BCUT2D eigenvalue weighted by Crippen LogP contribution is 2.35. The van der Waals surface area contributed by atoms with Crippen molar-refractivity contribution in [3.05, 3.63) is 53.4 Å². The Morgan fingerprint density at radius 2 is 1.81 bits per heavy atom. The number of amides is 2. The van der Waals surface area contributed by atoms with Crippen LogP contribution in [0, 0.1) is 0 Å². The number of nitrogens with zero attached hydrogens (tertiary/aromatic N) is 4. The Bertz CT molecular complexity index is 1020. The van der Waals surface area contributed by atoms with Gasteiger partial charge < -0.3 is 14.2 Å². The van der Waals surface area contributed by atoms with E-state index in [1.165, 1.54) is 17.4 Å². The van der Waals surface area contributed by atoms with E-state index in [2.05, 4.69) is 17.0 Å². The van der Waals surface area contributed by atoms with Crippen molar-refractivity contribution in [3.8, 4) is 0 Å². The molecule has 2 aliphatic rings. The van der Waals surface area contributed by atoms with Gasteiger partial charge in [-0.05, 0) is 43.7 Å². The number of piperazine rings is 1. The lowest BCUT2D eigenvalue weighted by atomic mass is 10.0. The number of carbonyl (C=O) groups is 2. The number of hydrogen-bond donors (Lipinski definition) is 0. The molecule has 0 N–H and O–H groups in total. The van der Waals surface area contributed by atoms with Crippen molar-refractivity contribution in [1.29, 1.82) is 0 Å². The first-order chi connectivity index (χ1) is 15.2. The fourth-order valence-corrected chi connectivity index (χ4v) is 5.62. The first kappa shape index (κ1) is 20.2. The molecule has 2 saturated heterocycles. The summed E-state index contributed by atoms with van der Waals surface area (Å²) in [5.41, 5.74) is 1.04. The Morgan fingerprint density at radius 3 is 2.58 bits per heavy atom. The molecule has 8 heteroatoms. The van der Waals surface area contributed by atoms with E-state index in [1.54, 1.807) is 28.4 Å². The SMILES string of the molecule is O=C(CN1CCCC[C@@H]1c1nc2ccccc2s1)N1CCN(C(=O)c2ccco2)CC1. The number of fused-ring (bicyclic) bond motifs is 1. The predicted octanol–water partition coefficient (Wildman–Crippen LogP) is 3.40. The monoisotopic (exact) mass is 438 g/mol. The number of para-hydroxylation sites is 1. The van der Waals surface area contributed by atoms with Crippen LogP contribution in [-0.4, -0.2) is 70.8 Å². The molecule has 31 heavy (non-hydrogen) atoms. The van der Waals surface area contributed by atoms with Crippen LogP contribution in [0.5, 0.6) is 0 Å². The van der Waals surface area contributed by atoms with Gasteiger partial charge in [-0.15, -0.1) is 11.3 Å². The fraction of sp³-hybridized carbons (Fsp3) is 0.435. The first-order valence-corrected chi connectivity index (χ1v) is 11.7. The molecular formula is C23H26N4O3S. The third kappa shape index (κ3) is 4.22. The molecule has 4 heterocycles. The number of furan rings is 1. The number of aromatic nitrogens is 1. The molecule has 2 aromatic heterocycles. The van der Waals surface area contributed by atoms with E-state index in [9.17, 15) is 9.59 Å². The maximum atomic E-state index is 13.1. The van der Waals surface area contributed by atoms with Gasteiger partial charge in [-0.25, -0.2) is 4.98 Å². The van der Waals surface area contributed by atoms with Crippen LogP contribution < -0.4 is 0 Å². The van der Waals surface area contributed by atoms with Crippen LogP contribution in [0.2, 0.25) is 0 Å². The van der Waals surface area contributed by atoms with Crippen LogP contribution in [0.15, 0.2) is 47.1 Å². The molecule has 2 amide bonds. The number of piperidine rings is 1. The van der Waals surface area contributed by atoms with Gasteiger partial charge in [0.1, 0.15) is 5.01 Å². The smallest absolute Gasteiger partial charge is 0.289 e. The van der Waals surface area contributed by atoms with Crippen LogP contribution in [0.3, 0.4) is 0 Å². The van der Waals surface area contributed by atoms with Crippen LogP contribution in [-0.2, 0) is 4.79 Å². The minimum absolute atomic E-state index is 0.107. The van der Waals surface area contributed by atoms with Gasteiger partial charge in [-0.1, -0.05) is 18.6 Å². The zero-order valence-corrected chi connectivity index (χ0v) is 18.2. The molecule has 0 bridgehead atoms. The maximum absolute atomic E-state index is 13.1. The highest BCUT2D eigenvalue weighted by molar-refractivity contribution is 7.18. The number of carbonyl (C=O) groups excluding carboxylic acids is 2. The fourth-order valence-electron chi connectivity index (χ4n) is 4.48. The molecule has 0 unspecified atom stereocenters. The summed E-state index contributed by atoms with van der Waals surface area (Å²) in [5.74, 6) is 0.383. The quantitative estimate of drug-likeness (QED) is 0.624. The molecule has 0 saturated carbocycles. The summed E-state index contributed by atoms with van der Waals surface area (Å²) >= 11 is 1.74. The third-order valence-corrected chi connectivity index (χ3v) is 7.34. The summed E-state index contributed by atoms with van der Waals surface area (Å²) in [5, 5.41) is 1.11. The lowest BCUT2D eigenvalue weighted by Crippen LogP contribution is -2.53. The molecule has 2 fully saturated rings. The second kappa shape index (κ2) is 8.80. The van der Waals surface area contributed by atoms with Crippen molar-refractivity contribution in [2.24, 2.45) is 0 Å². The van der Waals surface area contributed by atoms with E-state index in [0.29, 0.717) is 38.5 Å². The highest BCUT2D eigenvalue weighted by atomic mass is 32.1. The second-order valence-corrected chi connectivity index (χ2v) is 9.21. The standard InChI is InChI=1S/C23H26N4O3S/c28-21(25-11-13-26(14-12-25)23(29)19-8-5-15-30-19)16-27-10-4-3-7-18(27)22-24-17-6-1-2-9-20(17)31-22/h1-2,5-6,8-9,15,18H,3-4,7,10-14,16H2/t18-/m1/s1. The summed E-state index contributed by atoms with van der Waals surface area (Å²) < 4.78 is 6.42. The Kier molecular flexibility index (Phi) is 5.74. The largest absolute Gasteiger partial charge is 0.459 e. The molecule has 1 aromatic carbocycles. The number of thiazole rings is 1. The number of benzene rings is 1. The van der Waals surface area contributed by atoms with Gasteiger partial charge in [0.2, 0.25) is 5.91 Å². The number of hydrogen-bond acceptors (Lipinski definition) is 6. The molecule has 7 nitrogen and oxygen atoms in total. The van der Waals surface area contributed by atoms with E-state index in [0.717, 1.165) is 29.9 Å². The Balaban J connectivity index is 1.21. The molecule has 0 spiro atoms. The summed E-state index contributed by atoms with van der Waals surface area (Å²) in [6, 6.07) is 11.8. The van der Waals surface area contributed by atoms with E-state index in [-0.39, 0.29) is 17.9 Å². The molecule has 2 aliphatic heterocycles. The van der Waals surface area contributed by atoms with Crippen molar-refractivity contribution in [2.75, 3.05) is 39.3 Å². The summed E-state index contributed by atoms with van der Waals surface area (Å²) in [4.78, 5) is 36.3. The summed E-state index contributed by atoms with van der Waals surface area (Å²) in [6.07, 6.45) is 4.82. The minimum Gasteiger partial charge on any atom is -0.459 e. The lowest BCUT2D eigenvalue weighted by molar-refractivity contribution is -0.134. The van der Waals surface area contributed by atoms with Gasteiger partial charge in [0.15, 0.2) is 5.76 Å².